The predicted molar refractivity (Wildman–Crippen MR) is 93.8 cm³/mol. The Hall–Kier alpha value is -2.17. The number of rotatable bonds is 7. The Morgan fingerprint density at radius 1 is 1.17 bits per heavy atom. The number of amides is 1. The maximum absolute atomic E-state index is 11.9. The second-order valence-corrected chi connectivity index (χ2v) is 7.20. The van der Waals surface area contributed by atoms with Crippen LogP contribution in [0.15, 0.2) is 28.8 Å². The number of carbonyl (C=O) groups excluding carboxylic acids is 1. The van der Waals surface area contributed by atoms with Gasteiger partial charge in [0, 0.05) is 24.8 Å². The molecule has 0 saturated heterocycles. The van der Waals surface area contributed by atoms with Crippen molar-refractivity contribution in [1.29, 1.82) is 0 Å². The van der Waals surface area contributed by atoms with Gasteiger partial charge in [-0.05, 0) is 25.3 Å². The first-order chi connectivity index (χ1) is 11.3. The summed E-state index contributed by atoms with van der Waals surface area (Å²) in [6.07, 6.45) is 2.90. The van der Waals surface area contributed by atoms with Crippen molar-refractivity contribution in [2.24, 2.45) is 0 Å². The number of aryl methyl sites for hydroxylation is 2. The Morgan fingerprint density at radius 2 is 1.88 bits per heavy atom. The lowest BCUT2D eigenvalue weighted by Crippen LogP contribution is -2.25. The molecular formula is C19H27N3O2. The number of aromatic nitrogens is 2. The molecule has 0 atom stereocenters. The predicted octanol–water partition coefficient (Wildman–Crippen LogP) is 3.36. The Kier molecular flexibility index (Phi) is 6.12. The van der Waals surface area contributed by atoms with Gasteiger partial charge < -0.3 is 9.84 Å². The van der Waals surface area contributed by atoms with E-state index in [9.17, 15) is 4.79 Å². The minimum atomic E-state index is -0.148. The van der Waals surface area contributed by atoms with Crippen molar-refractivity contribution < 1.29 is 9.32 Å². The van der Waals surface area contributed by atoms with Crippen LogP contribution in [-0.4, -0.2) is 22.6 Å². The number of carbonyl (C=O) groups is 1. The van der Waals surface area contributed by atoms with Crippen LogP contribution < -0.4 is 5.32 Å². The topological polar surface area (TPSA) is 68.0 Å². The largest absolute Gasteiger partial charge is 0.356 e. The zero-order valence-corrected chi connectivity index (χ0v) is 15.1. The number of benzene rings is 1. The van der Waals surface area contributed by atoms with Crippen LogP contribution in [0.25, 0.3) is 0 Å². The quantitative estimate of drug-likeness (QED) is 0.846. The van der Waals surface area contributed by atoms with E-state index in [-0.39, 0.29) is 11.3 Å². The van der Waals surface area contributed by atoms with Crippen molar-refractivity contribution in [1.82, 2.24) is 15.5 Å². The van der Waals surface area contributed by atoms with Gasteiger partial charge in [0.15, 0.2) is 5.82 Å². The van der Waals surface area contributed by atoms with Crippen molar-refractivity contribution in [3.63, 3.8) is 0 Å². The van der Waals surface area contributed by atoms with Crippen molar-refractivity contribution >= 4 is 5.91 Å². The Balaban J connectivity index is 1.64. The van der Waals surface area contributed by atoms with Crippen LogP contribution in [-0.2, 0) is 23.1 Å². The van der Waals surface area contributed by atoms with E-state index in [0.29, 0.717) is 31.1 Å². The van der Waals surface area contributed by atoms with E-state index < -0.39 is 0 Å². The van der Waals surface area contributed by atoms with Gasteiger partial charge in [0.2, 0.25) is 11.8 Å². The van der Waals surface area contributed by atoms with Crippen molar-refractivity contribution in [3.05, 3.63) is 47.1 Å². The molecule has 2 rings (SSSR count). The Labute approximate surface area is 143 Å². The third-order valence-corrected chi connectivity index (χ3v) is 3.77. The van der Waals surface area contributed by atoms with Gasteiger partial charge in [-0.1, -0.05) is 55.8 Å². The van der Waals surface area contributed by atoms with Crippen molar-refractivity contribution in [2.45, 2.75) is 58.8 Å². The third-order valence-electron chi connectivity index (χ3n) is 3.77. The first-order valence-electron chi connectivity index (χ1n) is 8.50. The van der Waals surface area contributed by atoms with E-state index in [1.54, 1.807) is 0 Å². The van der Waals surface area contributed by atoms with E-state index >= 15 is 0 Å². The lowest BCUT2D eigenvalue weighted by atomic mass is 9.97. The monoisotopic (exact) mass is 329 g/mol. The maximum atomic E-state index is 11.9. The molecule has 0 bridgehead atoms. The fraction of sp³-hybridized carbons (Fsp3) is 0.526. The second-order valence-electron chi connectivity index (χ2n) is 7.20. The Morgan fingerprint density at radius 3 is 2.50 bits per heavy atom. The summed E-state index contributed by atoms with van der Waals surface area (Å²) in [6.45, 7) is 8.69. The summed E-state index contributed by atoms with van der Waals surface area (Å²) in [7, 11) is 0. The van der Waals surface area contributed by atoms with Crippen LogP contribution in [0.1, 0.15) is 56.5 Å². The molecule has 0 radical (unpaired) electrons. The average molecular weight is 329 g/mol. The van der Waals surface area contributed by atoms with E-state index in [1.807, 2.05) is 20.8 Å². The smallest absolute Gasteiger partial charge is 0.232 e. The molecule has 0 unspecified atom stereocenters. The van der Waals surface area contributed by atoms with Crippen molar-refractivity contribution in [2.75, 3.05) is 6.54 Å². The van der Waals surface area contributed by atoms with Gasteiger partial charge in [-0.2, -0.15) is 4.98 Å². The molecule has 0 spiro atoms. The number of nitrogens with zero attached hydrogens (tertiary/aromatic N) is 2. The summed E-state index contributed by atoms with van der Waals surface area (Å²) < 4.78 is 5.24. The van der Waals surface area contributed by atoms with Gasteiger partial charge >= 0.3 is 0 Å². The van der Waals surface area contributed by atoms with Crippen LogP contribution in [0.4, 0.5) is 0 Å². The summed E-state index contributed by atoms with van der Waals surface area (Å²) in [5.41, 5.74) is 2.38. The van der Waals surface area contributed by atoms with Gasteiger partial charge in [-0.15, -0.1) is 0 Å². The molecule has 0 aliphatic rings. The van der Waals surface area contributed by atoms with Gasteiger partial charge in [0.05, 0.1) is 0 Å². The Bertz CT molecular complexity index is 654. The fourth-order valence-electron chi connectivity index (χ4n) is 2.27. The lowest BCUT2D eigenvalue weighted by molar-refractivity contribution is -0.121. The minimum absolute atomic E-state index is 0.0710. The SMILES string of the molecule is Cc1ccc(CCCC(=O)NCCc2noc(C(C)(C)C)n2)cc1. The van der Waals surface area contributed by atoms with E-state index in [1.165, 1.54) is 11.1 Å². The zero-order chi connectivity index (χ0) is 17.6. The standard InChI is InChI=1S/C19H27N3O2/c1-14-8-10-15(11-9-14)6-5-7-17(23)20-13-12-16-21-18(24-22-16)19(2,3)4/h8-11H,5-7,12-13H2,1-4H3,(H,20,23). The zero-order valence-electron chi connectivity index (χ0n) is 15.1. The molecule has 0 aliphatic heterocycles. The molecule has 1 N–H and O–H groups in total. The lowest BCUT2D eigenvalue weighted by Gasteiger charge is -2.10. The fourth-order valence-corrected chi connectivity index (χ4v) is 2.27. The van der Waals surface area contributed by atoms with E-state index in [2.05, 4.69) is 46.6 Å². The minimum Gasteiger partial charge on any atom is -0.356 e. The molecule has 0 saturated carbocycles. The normalized spacial score (nSPS) is 11.5. The first kappa shape index (κ1) is 18.2. The summed E-state index contributed by atoms with van der Waals surface area (Å²) in [4.78, 5) is 16.2. The number of hydrogen-bond donors (Lipinski definition) is 1. The summed E-state index contributed by atoms with van der Waals surface area (Å²) in [6, 6.07) is 8.45. The molecule has 1 amide bonds. The average Bonchev–Trinajstić information content (AvgIpc) is 2.98. The summed E-state index contributed by atoms with van der Waals surface area (Å²) in [5.74, 6) is 1.34. The van der Waals surface area contributed by atoms with Crippen molar-refractivity contribution in [3.8, 4) is 0 Å². The van der Waals surface area contributed by atoms with Gasteiger partial charge in [0.1, 0.15) is 0 Å². The van der Waals surface area contributed by atoms with Gasteiger partial charge in [0.25, 0.3) is 0 Å². The van der Waals surface area contributed by atoms with Crippen LogP contribution in [0.3, 0.4) is 0 Å². The van der Waals surface area contributed by atoms with Gasteiger partial charge in [-0.25, -0.2) is 0 Å². The molecule has 5 heteroatoms. The van der Waals surface area contributed by atoms with Crippen LogP contribution in [0, 0.1) is 6.92 Å². The van der Waals surface area contributed by atoms with Crippen LogP contribution in [0.2, 0.25) is 0 Å². The third kappa shape index (κ3) is 5.80. The molecule has 5 nitrogen and oxygen atoms in total. The highest BCUT2D eigenvalue weighted by atomic mass is 16.5. The molecule has 1 heterocycles. The van der Waals surface area contributed by atoms with Crippen LogP contribution >= 0.6 is 0 Å². The molecule has 1 aromatic carbocycles. The summed E-state index contributed by atoms with van der Waals surface area (Å²) in [5, 5.41) is 6.86. The number of hydrogen-bond acceptors (Lipinski definition) is 4. The second kappa shape index (κ2) is 8.08. The maximum Gasteiger partial charge on any atom is 0.232 e. The first-order valence-corrected chi connectivity index (χ1v) is 8.50. The highest BCUT2D eigenvalue weighted by molar-refractivity contribution is 5.75. The molecule has 0 fully saturated rings. The molecule has 130 valence electrons. The van der Waals surface area contributed by atoms with E-state index in [0.717, 1.165) is 12.8 Å². The van der Waals surface area contributed by atoms with Crippen LogP contribution in [0.5, 0.6) is 0 Å². The van der Waals surface area contributed by atoms with Gasteiger partial charge in [-0.3, -0.25) is 4.79 Å². The summed E-state index contributed by atoms with van der Waals surface area (Å²) >= 11 is 0. The molecule has 24 heavy (non-hydrogen) atoms. The highest BCUT2D eigenvalue weighted by Gasteiger charge is 2.21. The molecular weight excluding hydrogens is 302 g/mol. The molecule has 2 aromatic rings. The highest BCUT2D eigenvalue weighted by Crippen LogP contribution is 2.19. The molecule has 1 aromatic heterocycles. The van der Waals surface area contributed by atoms with E-state index in [4.69, 9.17) is 4.52 Å². The molecule has 0 aliphatic carbocycles. The number of nitrogens with one attached hydrogen (secondary N) is 1.